The Hall–Kier alpha value is -0.239. The first kappa shape index (κ1) is 23.0. The van der Waals surface area contributed by atoms with E-state index < -0.39 is 17.9 Å². The molecule has 0 aliphatic heterocycles. The van der Waals surface area contributed by atoms with Gasteiger partial charge in [-0.2, -0.15) is 0 Å². The number of hydrogen-bond donors (Lipinski definition) is 0. The van der Waals surface area contributed by atoms with Crippen LogP contribution in [0.2, 0.25) is 0 Å². The van der Waals surface area contributed by atoms with Crippen LogP contribution in [0.15, 0.2) is 0 Å². The molecule has 0 unspecified atom stereocenters. The average molecular weight is 321 g/mol. The molecule has 0 aromatic rings. The van der Waals surface area contributed by atoms with Crippen LogP contribution in [0.3, 0.4) is 0 Å². The third-order valence-corrected chi connectivity index (χ3v) is 0. The molecule has 1 radical (unpaired) electrons. The van der Waals surface area contributed by atoms with Crippen molar-refractivity contribution < 1.29 is 70.5 Å². The normalized spacial score (nSPS) is 5.77. The van der Waals surface area contributed by atoms with E-state index >= 15 is 0 Å². The van der Waals surface area contributed by atoms with Crippen LogP contribution >= 0.6 is 0 Å². The number of carbonyl (C=O) groups is 3. The second kappa shape index (κ2) is 17.7. The fourth-order valence-electron chi connectivity index (χ4n) is 0. The second-order valence-electron chi connectivity index (χ2n) is 1.47. The number of carboxylic acid groups (broad SMARTS) is 3. The summed E-state index contributed by atoms with van der Waals surface area (Å²) in [7, 11) is 0. The summed E-state index contributed by atoms with van der Waals surface area (Å²) in [5, 5.41) is 26.7. The van der Waals surface area contributed by atoms with Gasteiger partial charge in [-0.25, -0.2) is 0 Å². The van der Waals surface area contributed by atoms with Gasteiger partial charge in [-0.1, -0.05) is 0 Å². The van der Waals surface area contributed by atoms with Gasteiger partial charge >= 0.3 is 40.8 Å². The van der Waals surface area contributed by atoms with Crippen LogP contribution in [0, 0.1) is 40.8 Å². The van der Waals surface area contributed by atoms with Crippen LogP contribution in [-0.4, -0.2) is 17.9 Å². The Kier molecular flexibility index (Phi) is 31.4. The minimum atomic E-state index is -1.08. The topological polar surface area (TPSA) is 120 Å². The summed E-state index contributed by atoms with van der Waals surface area (Å²) in [6.45, 7) is 2.92. The molecule has 0 aliphatic carbocycles. The molecule has 0 atom stereocenters. The molecule has 0 aromatic heterocycles. The van der Waals surface area contributed by atoms with Gasteiger partial charge < -0.3 is 29.7 Å². The van der Waals surface area contributed by atoms with Crippen LogP contribution in [0.1, 0.15) is 20.8 Å². The first-order valence-electron chi connectivity index (χ1n) is 2.72. The third-order valence-electron chi connectivity index (χ3n) is 0. The maximum atomic E-state index is 8.89. The summed E-state index contributed by atoms with van der Waals surface area (Å²) in [5.41, 5.74) is 0. The monoisotopic (exact) mass is 319 g/mol. The predicted molar refractivity (Wildman–Crippen MR) is 32.0 cm³/mol. The quantitative estimate of drug-likeness (QED) is 0.452. The molecule has 0 rings (SSSR count). The maximum Gasteiger partial charge on any atom is 3.00 e. The molecule has 73 valence electrons. The van der Waals surface area contributed by atoms with Crippen molar-refractivity contribution >= 4 is 17.9 Å². The van der Waals surface area contributed by atoms with Gasteiger partial charge in [-0.15, -0.1) is 0 Å². The molecule has 0 amide bonds. The van der Waals surface area contributed by atoms with Crippen molar-refractivity contribution in [2.24, 2.45) is 0 Å². The molecule has 0 saturated carbocycles. The summed E-state index contributed by atoms with van der Waals surface area (Å²) in [6.07, 6.45) is 0. The Bertz CT molecular complexity index is 115. The van der Waals surface area contributed by atoms with Gasteiger partial charge in [0.15, 0.2) is 0 Å². The molecule has 0 heterocycles. The largest absolute Gasteiger partial charge is 3.00 e. The molecular formula is C6H9NdO6. The van der Waals surface area contributed by atoms with Crippen LogP contribution in [0.25, 0.3) is 0 Å². The standard InChI is InChI=1S/3C2H4O2.Nd/c3*1-2(3)4;/h3*1H3,(H,3,4);/q;;;+3/p-3. The smallest absolute Gasteiger partial charge is 0.550 e. The van der Waals surface area contributed by atoms with Crippen molar-refractivity contribution in [1.82, 2.24) is 0 Å². The summed E-state index contributed by atoms with van der Waals surface area (Å²) < 4.78 is 0. The van der Waals surface area contributed by atoms with Crippen LogP contribution in [0.5, 0.6) is 0 Å². The zero-order valence-corrected chi connectivity index (χ0v) is 10.7. The SMILES string of the molecule is CC(=O)[O-].CC(=O)[O-].CC(=O)[O-].[Nd+3]. The first-order chi connectivity index (χ1) is 5.20. The molecule has 0 N–H and O–H groups in total. The van der Waals surface area contributed by atoms with Crippen LogP contribution < -0.4 is 15.3 Å². The van der Waals surface area contributed by atoms with Gasteiger partial charge in [-0.3, -0.25) is 0 Å². The van der Waals surface area contributed by atoms with E-state index in [0.29, 0.717) is 0 Å². The predicted octanol–water partition coefficient (Wildman–Crippen LogP) is -3.73. The van der Waals surface area contributed by atoms with E-state index in [4.69, 9.17) is 29.7 Å². The minimum absolute atomic E-state index is 0. The van der Waals surface area contributed by atoms with E-state index in [9.17, 15) is 0 Å². The Morgan fingerprint density at radius 2 is 0.692 bits per heavy atom. The van der Waals surface area contributed by atoms with Gasteiger partial charge in [0.2, 0.25) is 0 Å². The Balaban J connectivity index is -0.0000000450. The molecule has 0 aromatic carbocycles. The van der Waals surface area contributed by atoms with E-state index in [2.05, 4.69) is 0 Å². The van der Waals surface area contributed by atoms with E-state index in [0.717, 1.165) is 20.8 Å². The number of carbonyl (C=O) groups excluding carboxylic acids is 3. The third kappa shape index (κ3) is 19600. The number of carboxylic acids is 3. The van der Waals surface area contributed by atoms with Crippen LogP contribution in [0.4, 0.5) is 0 Å². The molecule has 13 heavy (non-hydrogen) atoms. The first-order valence-corrected chi connectivity index (χ1v) is 2.72. The van der Waals surface area contributed by atoms with Gasteiger partial charge in [0.05, 0.1) is 0 Å². The van der Waals surface area contributed by atoms with Gasteiger partial charge in [0, 0.05) is 17.9 Å². The molecule has 6 nitrogen and oxygen atoms in total. The average Bonchev–Trinajstić information content (AvgIpc) is 1.54. The van der Waals surface area contributed by atoms with E-state index in [-0.39, 0.29) is 40.8 Å². The van der Waals surface area contributed by atoms with Crippen LogP contribution in [-0.2, 0) is 14.4 Å². The maximum absolute atomic E-state index is 8.89. The second-order valence-corrected chi connectivity index (χ2v) is 1.47. The fraction of sp³-hybridized carbons (Fsp3) is 0.500. The molecule has 0 aliphatic rings. The fourth-order valence-corrected chi connectivity index (χ4v) is 0. The van der Waals surface area contributed by atoms with Gasteiger partial charge in [-0.05, 0) is 20.8 Å². The molecule has 0 fully saturated rings. The zero-order chi connectivity index (χ0) is 10.7. The van der Waals surface area contributed by atoms with E-state index in [1.165, 1.54) is 0 Å². The van der Waals surface area contributed by atoms with Crippen molar-refractivity contribution in [2.75, 3.05) is 0 Å². The van der Waals surface area contributed by atoms with E-state index in [1.54, 1.807) is 0 Å². The summed E-state index contributed by atoms with van der Waals surface area (Å²) in [5.74, 6) is -3.25. The van der Waals surface area contributed by atoms with Crippen molar-refractivity contribution in [3.05, 3.63) is 0 Å². The van der Waals surface area contributed by atoms with E-state index in [1.807, 2.05) is 0 Å². The molecule has 0 bridgehead atoms. The Morgan fingerprint density at radius 1 is 0.692 bits per heavy atom. The number of hydrogen-bond acceptors (Lipinski definition) is 6. The van der Waals surface area contributed by atoms with Crippen molar-refractivity contribution in [2.45, 2.75) is 20.8 Å². The summed E-state index contributed by atoms with van der Waals surface area (Å²) >= 11 is 0. The molecule has 7 heteroatoms. The van der Waals surface area contributed by atoms with Gasteiger partial charge in [0.25, 0.3) is 0 Å². The molecule has 0 spiro atoms. The Labute approximate surface area is 108 Å². The number of rotatable bonds is 0. The molecular weight excluding hydrogens is 312 g/mol. The van der Waals surface area contributed by atoms with Crippen molar-refractivity contribution in [1.29, 1.82) is 0 Å². The Morgan fingerprint density at radius 3 is 0.692 bits per heavy atom. The van der Waals surface area contributed by atoms with Crippen molar-refractivity contribution in [3.63, 3.8) is 0 Å². The summed E-state index contributed by atoms with van der Waals surface area (Å²) in [6, 6.07) is 0. The number of aliphatic carboxylic acids is 3. The minimum Gasteiger partial charge on any atom is -0.550 e. The molecule has 0 saturated heterocycles. The van der Waals surface area contributed by atoms with Gasteiger partial charge in [0.1, 0.15) is 0 Å². The van der Waals surface area contributed by atoms with Crippen molar-refractivity contribution in [3.8, 4) is 0 Å². The summed E-state index contributed by atoms with van der Waals surface area (Å²) in [4.78, 5) is 26.7. The zero-order valence-electron chi connectivity index (χ0n) is 7.45.